The lowest BCUT2D eigenvalue weighted by Gasteiger charge is -2.33. The van der Waals surface area contributed by atoms with Crippen molar-refractivity contribution in [2.45, 2.75) is 28.9 Å². The number of carbonyl (C=O) groups is 2. The van der Waals surface area contributed by atoms with Crippen molar-refractivity contribution in [1.82, 2.24) is 10.6 Å². The summed E-state index contributed by atoms with van der Waals surface area (Å²) in [4.78, 5) is 24.0. The molecule has 168 valence electrons. The zero-order valence-electron chi connectivity index (χ0n) is 17.1. The number of hydrogen-bond donors (Lipinski definition) is 3. The Balaban J connectivity index is 1.52. The molecule has 4 N–H and O–H groups in total. The van der Waals surface area contributed by atoms with Crippen LogP contribution in [0.5, 0.6) is 5.75 Å². The topological polar surface area (TPSA) is 137 Å². The molecule has 1 aromatic carbocycles. The molecular weight excluding hydrogens is 422 g/mol. The second-order valence-corrected chi connectivity index (χ2v) is 9.60. The number of benzene rings is 1. The van der Waals surface area contributed by atoms with Gasteiger partial charge in [0.1, 0.15) is 5.75 Å². The first-order valence-corrected chi connectivity index (χ1v) is 11.6. The van der Waals surface area contributed by atoms with Crippen molar-refractivity contribution >= 4 is 21.7 Å². The van der Waals surface area contributed by atoms with E-state index >= 15 is 0 Å². The summed E-state index contributed by atoms with van der Waals surface area (Å²) >= 11 is 0. The summed E-state index contributed by atoms with van der Waals surface area (Å²) in [6.45, 7) is 1.65. The van der Waals surface area contributed by atoms with Gasteiger partial charge in [-0.05, 0) is 55.8 Å². The molecule has 1 saturated heterocycles. The minimum absolute atomic E-state index is 0.0243. The van der Waals surface area contributed by atoms with Crippen LogP contribution in [0.25, 0.3) is 0 Å². The quantitative estimate of drug-likeness (QED) is 0.465. The van der Waals surface area contributed by atoms with Crippen molar-refractivity contribution in [2.24, 2.45) is 5.73 Å². The van der Waals surface area contributed by atoms with E-state index in [0.717, 1.165) is 0 Å². The smallest absolute Gasteiger partial charge is 0.249 e. The zero-order chi connectivity index (χ0) is 22.3. The number of sulfone groups is 1. The van der Waals surface area contributed by atoms with Crippen molar-refractivity contribution in [2.75, 3.05) is 32.9 Å². The number of allylic oxidation sites excluding steroid dienone is 2. The van der Waals surface area contributed by atoms with E-state index in [-0.39, 0.29) is 36.9 Å². The van der Waals surface area contributed by atoms with Gasteiger partial charge in [0.2, 0.25) is 11.8 Å². The maximum absolute atomic E-state index is 13.1. The van der Waals surface area contributed by atoms with Gasteiger partial charge in [-0.25, -0.2) is 8.42 Å². The normalized spacial score (nSPS) is 17.9. The number of ether oxygens (including phenoxy) is 2. The fraction of sp³-hybridized carbons (Fsp3) is 0.429. The molecule has 2 aliphatic heterocycles. The molecule has 0 saturated carbocycles. The summed E-state index contributed by atoms with van der Waals surface area (Å²) in [7, 11) is -3.96. The second kappa shape index (κ2) is 9.97. The largest absolute Gasteiger partial charge is 0.494 e. The summed E-state index contributed by atoms with van der Waals surface area (Å²) in [5.41, 5.74) is 6.15. The van der Waals surface area contributed by atoms with E-state index in [0.29, 0.717) is 37.4 Å². The molecule has 2 heterocycles. The van der Waals surface area contributed by atoms with Gasteiger partial charge in [0.15, 0.2) is 14.6 Å². The van der Waals surface area contributed by atoms with Gasteiger partial charge in [0, 0.05) is 31.9 Å². The SMILES string of the molecule is NC(=O)C1(S(=O)(=O)c2ccc(OCCCNC(=O)C3=CC=CNC3)cc2)CCOCC1. The molecule has 0 atom stereocenters. The van der Waals surface area contributed by atoms with Gasteiger partial charge in [-0.2, -0.15) is 0 Å². The molecule has 0 aliphatic carbocycles. The number of hydrogen-bond acceptors (Lipinski definition) is 7. The maximum atomic E-state index is 13.1. The van der Waals surface area contributed by atoms with E-state index in [2.05, 4.69) is 10.6 Å². The van der Waals surface area contributed by atoms with Crippen molar-refractivity contribution in [3.05, 3.63) is 48.2 Å². The molecule has 3 rings (SSSR count). The molecule has 9 nitrogen and oxygen atoms in total. The van der Waals surface area contributed by atoms with E-state index in [1.807, 2.05) is 0 Å². The van der Waals surface area contributed by atoms with Crippen LogP contribution in [0.15, 0.2) is 53.1 Å². The molecule has 0 aromatic heterocycles. The van der Waals surface area contributed by atoms with Crippen LogP contribution >= 0.6 is 0 Å². The number of amides is 2. The van der Waals surface area contributed by atoms with Crippen LogP contribution < -0.4 is 21.1 Å². The number of primary amides is 1. The van der Waals surface area contributed by atoms with Crippen LogP contribution in [0.1, 0.15) is 19.3 Å². The van der Waals surface area contributed by atoms with E-state index in [1.165, 1.54) is 12.1 Å². The first-order valence-electron chi connectivity index (χ1n) is 10.1. The minimum atomic E-state index is -3.96. The van der Waals surface area contributed by atoms with Gasteiger partial charge >= 0.3 is 0 Å². The number of nitrogens with two attached hydrogens (primary N) is 1. The standard InChI is InChI=1S/C21H27N3O6S/c22-20(26)21(8-13-29-14-9-21)31(27,28)18-6-4-17(5-7-18)30-12-2-11-24-19(25)16-3-1-10-23-15-16/h1,3-7,10,23H,2,8-9,11-15H2,(H2,22,26)(H,24,25). The summed E-state index contributed by atoms with van der Waals surface area (Å²) in [5, 5.41) is 5.80. The first kappa shape index (κ1) is 22.8. The molecule has 0 bridgehead atoms. The molecule has 31 heavy (non-hydrogen) atoms. The van der Waals surface area contributed by atoms with Crippen LogP contribution in [0.2, 0.25) is 0 Å². The first-order chi connectivity index (χ1) is 14.9. The summed E-state index contributed by atoms with van der Waals surface area (Å²) < 4.78 is 35.4. The second-order valence-electron chi connectivity index (χ2n) is 7.34. The van der Waals surface area contributed by atoms with Gasteiger partial charge in [0.05, 0.1) is 11.5 Å². The van der Waals surface area contributed by atoms with Gasteiger partial charge in [-0.3, -0.25) is 9.59 Å². The van der Waals surface area contributed by atoms with Crippen LogP contribution in [0, 0.1) is 0 Å². The highest BCUT2D eigenvalue weighted by Gasteiger charge is 2.51. The van der Waals surface area contributed by atoms with E-state index in [4.69, 9.17) is 15.2 Å². The number of rotatable bonds is 9. The third-order valence-electron chi connectivity index (χ3n) is 5.37. The average molecular weight is 450 g/mol. The highest BCUT2D eigenvalue weighted by molar-refractivity contribution is 7.93. The molecular formula is C21H27N3O6S. The Morgan fingerprint density at radius 3 is 2.52 bits per heavy atom. The third kappa shape index (κ3) is 5.08. The average Bonchev–Trinajstić information content (AvgIpc) is 2.80. The van der Waals surface area contributed by atoms with Crippen LogP contribution in [0.4, 0.5) is 0 Å². The summed E-state index contributed by atoms with van der Waals surface area (Å²) in [5.74, 6) is -0.480. The summed E-state index contributed by atoms with van der Waals surface area (Å²) in [6, 6.07) is 5.93. The Labute approximate surface area is 181 Å². The van der Waals surface area contributed by atoms with Gasteiger partial charge < -0.3 is 25.8 Å². The fourth-order valence-corrected chi connectivity index (χ4v) is 5.40. The highest BCUT2D eigenvalue weighted by Crippen LogP contribution is 2.35. The lowest BCUT2D eigenvalue weighted by atomic mass is 9.98. The predicted molar refractivity (Wildman–Crippen MR) is 114 cm³/mol. The van der Waals surface area contributed by atoms with Crippen molar-refractivity contribution in [3.8, 4) is 5.75 Å². The van der Waals surface area contributed by atoms with Crippen LogP contribution in [0.3, 0.4) is 0 Å². The Morgan fingerprint density at radius 2 is 1.90 bits per heavy atom. The van der Waals surface area contributed by atoms with Crippen LogP contribution in [-0.2, 0) is 24.2 Å². The molecule has 0 spiro atoms. The molecule has 2 aliphatic rings. The molecule has 2 amide bonds. The fourth-order valence-electron chi connectivity index (χ4n) is 3.48. The van der Waals surface area contributed by atoms with Gasteiger partial charge in [-0.1, -0.05) is 6.08 Å². The monoisotopic (exact) mass is 449 g/mol. The summed E-state index contributed by atoms with van der Waals surface area (Å²) in [6.07, 6.45) is 5.99. The lowest BCUT2D eigenvalue weighted by Crippen LogP contribution is -2.53. The molecule has 1 aromatic rings. The van der Waals surface area contributed by atoms with Crippen LogP contribution in [-0.4, -0.2) is 57.9 Å². The van der Waals surface area contributed by atoms with Crippen molar-refractivity contribution < 1.29 is 27.5 Å². The Morgan fingerprint density at radius 1 is 1.19 bits per heavy atom. The van der Waals surface area contributed by atoms with Crippen molar-refractivity contribution in [1.29, 1.82) is 0 Å². The molecule has 0 radical (unpaired) electrons. The third-order valence-corrected chi connectivity index (χ3v) is 7.90. The Bertz CT molecular complexity index is 963. The lowest BCUT2D eigenvalue weighted by molar-refractivity contribution is -0.123. The maximum Gasteiger partial charge on any atom is 0.249 e. The Kier molecular flexibility index (Phi) is 7.34. The minimum Gasteiger partial charge on any atom is -0.494 e. The van der Waals surface area contributed by atoms with Gasteiger partial charge in [0.25, 0.3) is 0 Å². The molecule has 10 heteroatoms. The Hall–Kier alpha value is -2.85. The number of nitrogens with one attached hydrogen (secondary N) is 2. The van der Waals surface area contributed by atoms with Gasteiger partial charge in [-0.15, -0.1) is 0 Å². The van der Waals surface area contributed by atoms with Crippen molar-refractivity contribution in [3.63, 3.8) is 0 Å². The van der Waals surface area contributed by atoms with E-state index < -0.39 is 20.5 Å². The number of dihydropyridines is 1. The zero-order valence-corrected chi connectivity index (χ0v) is 17.9. The van der Waals surface area contributed by atoms with E-state index in [9.17, 15) is 18.0 Å². The predicted octanol–water partition coefficient (Wildman–Crippen LogP) is 0.423. The molecule has 0 unspecified atom stereocenters. The highest BCUT2D eigenvalue weighted by atomic mass is 32.2. The number of carbonyl (C=O) groups excluding carboxylic acids is 2. The molecule has 1 fully saturated rings. The van der Waals surface area contributed by atoms with E-state index in [1.54, 1.807) is 30.5 Å².